The van der Waals surface area contributed by atoms with Crippen molar-refractivity contribution in [2.45, 2.75) is 6.04 Å². The molecule has 1 aliphatic heterocycles. The number of nitrogens with two attached hydrogens (primary N) is 2. The van der Waals surface area contributed by atoms with Gasteiger partial charge in [-0.3, -0.25) is 4.79 Å². The van der Waals surface area contributed by atoms with E-state index in [-0.39, 0.29) is 6.61 Å². The first-order valence-electron chi connectivity index (χ1n) is 6.23. The quantitative estimate of drug-likeness (QED) is 0.752. The molecular weight excluding hydrogens is 262 g/mol. The second kappa shape index (κ2) is 5.87. The number of carbonyl (C=O) groups excluding carboxylic acids is 1. The zero-order chi connectivity index (χ0) is 14.7. The molecule has 1 heterocycles. The third-order valence-corrected chi connectivity index (χ3v) is 3.30. The van der Waals surface area contributed by atoms with E-state index in [4.69, 9.17) is 25.7 Å². The molecule has 1 aromatic rings. The highest BCUT2D eigenvalue weighted by molar-refractivity contribution is 5.86. The molecule has 0 aromatic heterocycles. The fourth-order valence-corrected chi connectivity index (χ4v) is 2.26. The highest BCUT2D eigenvalue weighted by Crippen LogP contribution is 2.37. The van der Waals surface area contributed by atoms with Crippen LogP contribution in [-0.2, 0) is 9.53 Å². The SMILES string of the molecule is COc1cc(N)c(N2CCOCC2C(N)=O)cc1OC. The van der Waals surface area contributed by atoms with Gasteiger partial charge < -0.3 is 30.6 Å². The molecule has 1 aliphatic rings. The summed E-state index contributed by atoms with van der Waals surface area (Å²) in [7, 11) is 3.08. The molecule has 1 unspecified atom stereocenters. The Morgan fingerprint density at radius 3 is 2.60 bits per heavy atom. The van der Waals surface area contributed by atoms with E-state index in [1.165, 1.54) is 7.11 Å². The van der Waals surface area contributed by atoms with Gasteiger partial charge in [0.2, 0.25) is 5.91 Å². The van der Waals surface area contributed by atoms with Crippen LogP contribution in [0.1, 0.15) is 0 Å². The number of ether oxygens (including phenoxy) is 3. The van der Waals surface area contributed by atoms with Gasteiger partial charge in [0.15, 0.2) is 11.5 Å². The van der Waals surface area contributed by atoms with Crippen molar-refractivity contribution >= 4 is 17.3 Å². The summed E-state index contributed by atoms with van der Waals surface area (Å²) >= 11 is 0. The van der Waals surface area contributed by atoms with Crippen molar-refractivity contribution in [3.63, 3.8) is 0 Å². The third kappa shape index (κ3) is 2.57. The molecule has 2 rings (SSSR count). The molecule has 0 saturated carbocycles. The highest BCUT2D eigenvalue weighted by atomic mass is 16.5. The van der Waals surface area contributed by atoms with Gasteiger partial charge in [-0.05, 0) is 0 Å². The van der Waals surface area contributed by atoms with Gasteiger partial charge >= 0.3 is 0 Å². The number of benzene rings is 1. The molecule has 7 nitrogen and oxygen atoms in total. The topological polar surface area (TPSA) is 100 Å². The van der Waals surface area contributed by atoms with Gasteiger partial charge in [0.1, 0.15) is 6.04 Å². The number of hydrogen-bond donors (Lipinski definition) is 2. The van der Waals surface area contributed by atoms with E-state index in [9.17, 15) is 4.79 Å². The molecule has 1 atom stereocenters. The predicted octanol–water partition coefficient (Wildman–Crippen LogP) is -0.0235. The maximum absolute atomic E-state index is 11.5. The van der Waals surface area contributed by atoms with E-state index < -0.39 is 11.9 Å². The lowest BCUT2D eigenvalue weighted by Crippen LogP contribution is -2.52. The second-order valence-corrected chi connectivity index (χ2v) is 4.45. The minimum atomic E-state index is -0.538. The van der Waals surface area contributed by atoms with Gasteiger partial charge in [0.05, 0.1) is 38.8 Å². The molecule has 0 radical (unpaired) electrons. The molecule has 1 fully saturated rings. The van der Waals surface area contributed by atoms with Crippen molar-refractivity contribution in [3.05, 3.63) is 12.1 Å². The molecule has 0 bridgehead atoms. The number of rotatable bonds is 4. The Bertz CT molecular complexity index is 507. The van der Waals surface area contributed by atoms with Gasteiger partial charge in [-0.25, -0.2) is 0 Å². The van der Waals surface area contributed by atoms with E-state index in [1.807, 2.05) is 4.90 Å². The third-order valence-electron chi connectivity index (χ3n) is 3.30. The van der Waals surface area contributed by atoms with Crippen LogP contribution >= 0.6 is 0 Å². The molecule has 1 amide bonds. The minimum Gasteiger partial charge on any atom is -0.493 e. The van der Waals surface area contributed by atoms with E-state index >= 15 is 0 Å². The molecule has 0 aliphatic carbocycles. The summed E-state index contributed by atoms with van der Waals surface area (Å²) in [5.74, 6) is 0.642. The summed E-state index contributed by atoms with van der Waals surface area (Å²) in [5, 5.41) is 0. The summed E-state index contributed by atoms with van der Waals surface area (Å²) in [6, 6.07) is 2.88. The predicted molar refractivity (Wildman–Crippen MR) is 75.1 cm³/mol. The van der Waals surface area contributed by atoms with Crippen molar-refractivity contribution in [2.75, 3.05) is 44.6 Å². The van der Waals surface area contributed by atoms with E-state index in [1.54, 1.807) is 19.2 Å². The number of carbonyl (C=O) groups is 1. The average Bonchev–Trinajstić information content (AvgIpc) is 2.46. The fraction of sp³-hybridized carbons (Fsp3) is 0.462. The maximum Gasteiger partial charge on any atom is 0.242 e. The average molecular weight is 281 g/mol. The zero-order valence-corrected chi connectivity index (χ0v) is 11.6. The van der Waals surface area contributed by atoms with Crippen molar-refractivity contribution in [1.82, 2.24) is 0 Å². The van der Waals surface area contributed by atoms with Crippen molar-refractivity contribution in [2.24, 2.45) is 5.73 Å². The van der Waals surface area contributed by atoms with Gasteiger partial charge in [0, 0.05) is 18.7 Å². The monoisotopic (exact) mass is 281 g/mol. The van der Waals surface area contributed by atoms with E-state index in [0.29, 0.717) is 36.0 Å². The van der Waals surface area contributed by atoms with Crippen LogP contribution in [0.5, 0.6) is 11.5 Å². The zero-order valence-electron chi connectivity index (χ0n) is 11.6. The Kier molecular flexibility index (Phi) is 4.19. The number of primary amides is 1. The van der Waals surface area contributed by atoms with Crippen LogP contribution in [0, 0.1) is 0 Å². The second-order valence-electron chi connectivity index (χ2n) is 4.45. The first kappa shape index (κ1) is 14.3. The largest absolute Gasteiger partial charge is 0.493 e. The molecule has 20 heavy (non-hydrogen) atoms. The van der Waals surface area contributed by atoms with Crippen molar-refractivity contribution in [1.29, 1.82) is 0 Å². The molecule has 1 saturated heterocycles. The van der Waals surface area contributed by atoms with Crippen LogP contribution in [0.25, 0.3) is 0 Å². The van der Waals surface area contributed by atoms with Crippen molar-refractivity contribution in [3.8, 4) is 11.5 Å². The van der Waals surface area contributed by atoms with Gasteiger partial charge in [-0.1, -0.05) is 0 Å². The molecule has 1 aromatic carbocycles. The maximum atomic E-state index is 11.5. The molecular formula is C13H19N3O4. The van der Waals surface area contributed by atoms with Crippen LogP contribution in [0.3, 0.4) is 0 Å². The molecule has 0 spiro atoms. The number of hydrogen-bond acceptors (Lipinski definition) is 6. The molecule has 4 N–H and O–H groups in total. The number of nitrogen functional groups attached to an aromatic ring is 1. The summed E-state index contributed by atoms with van der Waals surface area (Å²) in [5.41, 5.74) is 12.6. The Hall–Kier alpha value is -2.15. The van der Waals surface area contributed by atoms with Crippen LogP contribution < -0.4 is 25.8 Å². The lowest BCUT2D eigenvalue weighted by atomic mass is 10.1. The van der Waals surface area contributed by atoms with E-state index in [2.05, 4.69) is 0 Å². The van der Waals surface area contributed by atoms with E-state index in [0.717, 1.165) is 0 Å². The van der Waals surface area contributed by atoms with Gasteiger partial charge in [-0.15, -0.1) is 0 Å². The normalized spacial score (nSPS) is 18.7. The molecule has 7 heteroatoms. The van der Waals surface area contributed by atoms with Gasteiger partial charge in [0.25, 0.3) is 0 Å². The number of nitrogens with zero attached hydrogens (tertiary/aromatic N) is 1. The first-order chi connectivity index (χ1) is 9.58. The highest BCUT2D eigenvalue weighted by Gasteiger charge is 2.29. The Balaban J connectivity index is 2.42. The lowest BCUT2D eigenvalue weighted by Gasteiger charge is -2.36. The van der Waals surface area contributed by atoms with Crippen LogP contribution in [0.4, 0.5) is 11.4 Å². The summed E-state index contributed by atoms with van der Waals surface area (Å²) in [6.07, 6.45) is 0. The number of methoxy groups -OCH3 is 2. The van der Waals surface area contributed by atoms with Crippen molar-refractivity contribution < 1.29 is 19.0 Å². The lowest BCUT2D eigenvalue weighted by molar-refractivity contribution is -0.121. The summed E-state index contributed by atoms with van der Waals surface area (Å²) in [4.78, 5) is 13.4. The van der Waals surface area contributed by atoms with Gasteiger partial charge in [-0.2, -0.15) is 0 Å². The fourth-order valence-electron chi connectivity index (χ4n) is 2.26. The Morgan fingerprint density at radius 1 is 1.35 bits per heavy atom. The standard InChI is InChI=1S/C13H19N3O4/c1-18-11-5-8(14)9(6-12(11)19-2)16-3-4-20-7-10(16)13(15)17/h5-6,10H,3-4,7,14H2,1-2H3,(H2,15,17). The Labute approximate surface area is 117 Å². The summed E-state index contributed by atoms with van der Waals surface area (Å²) in [6.45, 7) is 1.30. The number of morpholine rings is 1. The molecule has 110 valence electrons. The van der Waals surface area contributed by atoms with Crippen LogP contribution in [-0.4, -0.2) is 45.9 Å². The first-order valence-corrected chi connectivity index (χ1v) is 6.23. The minimum absolute atomic E-state index is 0.253. The number of amides is 1. The summed E-state index contributed by atoms with van der Waals surface area (Å²) < 4.78 is 15.8. The van der Waals surface area contributed by atoms with Crippen LogP contribution in [0.15, 0.2) is 12.1 Å². The number of anilines is 2. The van der Waals surface area contributed by atoms with Crippen LogP contribution in [0.2, 0.25) is 0 Å². The Morgan fingerprint density at radius 2 is 2.00 bits per heavy atom. The smallest absolute Gasteiger partial charge is 0.242 e.